The summed E-state index contributed by atoms with van der Waals surface area (Å²) in [7, 11) is 1.60. The average molecular weight is 403 g/mol. The van der Waals surface area contributed by atoms with E-state index < -0.39 is 0 Å². The molecule has 0 atom stereocenters. The number of halogens is 1. The van der Waals surface area contributed by atoms with E-state index in [4.69, 9.17) is 9.47 Å². The Morgan fingerprint density at radius 3 is 2.72 bits per heavy atom. The number of methoxy groups -OCH3 is 1. The largest absolute Gasteiger partial charge is 0.497 e. The zero-order chi connectivity index (χ0) is 18.1. The van der Waals surface area contributed by atoms with Crippen LogP contribution in [0.1, 0.15) is 11.1 Å². The van der Waals surface area contributed by atoms with Crippen molar-refractivity contribution in [3.05, 3.63) is 70.7 Å². The van der Waals surface area contributed by atoms with E-state index in [9.17, 15) is 4.79 Å². The fourth-order valence-corrected chi connectivity index (χ4v) is 2.42. The molecule has 6 heteroatoms. The number of ether oxygens (including phenoxy) is 2. The topological polar surface area (TPSA) is 59.9 Å². The van der Waals surface area contributed by atoms with Crippen LogP contribution in [0.3, 0.4) is 0 Å². The molecule has 2 aromatic rings. The number of hydrogen-bond donors (Lipinski definition) is 1. The highest BCUT2D eigenvalue weighted by atomic mass is 79.9. The molecule has 1 amide bonds. The Morgan fingerprint density at radius 1 is 1.28 bits per heavy atom. The summed E-state index contributed by atoms with van der Waals surface area (Å²) in [6, 6.07) is 12.9. The van der Waals surface area contributed by atoms with Gasteiger partial charge in [0.05, 0.1) is 19.7 Å². The molecule has 130 valence electrons. The van der Waals surface area contributed by atoms with E-state index in [0.717, 1.165) is 21.3 Å². The van der Waals surface area contributed by atoms with E-state index in [1.165, 1.54) is 0 Å². The lowest BCUT2D eigenvalue weighted by Gasteiger charge is -2.07. The second-order valence-corrected chi connectivity index (χ2v) is 6.02. The highest BCUT2D eigenvalue weighted by Gasteiger charge is 2.04. The number of hydrazone groups is 1. The molecule has 0 heterocycles. The van der Waals surface area contributed by atoms with Crippen LogP contribution >= 0.6 is 15.9 Å². The number of nitrogens with one attached hydrogen (secondary N) is 1. The van der Waals surface area contributed by atoms with Gasteiger partial charge in [-0.1, -0.05) is 40.7 Å². The molecule has 0 aromatic heterocycles. The maximum atomic E-state index is 12.0. The Kier molecular flexibility index (Phi) is 7.22. The molecule has 5 nitrogen and oxygen atoms in total. The van der Waals surface area contributed by atoms with Crippen molar-refractivity contribution in [3.8, 4) is 11.5 Å². The van der Waals surface area contributed by atoms with Crippen molar-refractivity contribution in [1.82, 2.24) is 5.43 Å². The minimum absolute atomic E-state index is 0.204. The molecule has 25 heavy (non-hydrogen) atoms. The first-order valence-electron chi connectivity index (χ1n) is 7.60. The van der Waals surface area contributed by atoms with E-state index in [-0.39, 0.29) is 12.3 Å². The third-order valence-electron chi connectivity index (χ3n) is 3.25. The number of hydrogen-bond acceptors (Lipinski definition) is 4. The first kappa shape index (κ1) is 18.7. The second-order valence-electron chi connectivity index (χ2n) is 5.10. The molecular formula is C19H19BrN2O3. The lowest BCUT2D eigenvalue weighted by Crippen LogP contribution is -2.19. The summed E-state index contributed by atoms with van der Waals surface area (Å²) in [5, 5.41) is 4.01. The van der Waals surface area contributed by atoms with Crippen molar-refractivity contribution in [3.63, 3.8) is 0 Å². The van der Waals surface area contributed by atoms with Gasteiger partial charge in [-0.2, -0.15) is 5.10 Å². The number of carbonyl (C=O) groups excluding carboxylic acids is 1. The highest BCUT2D eigenvalue weighted by molar-refractivity contribution is 9.10. The Balaban J connectivity index is 1.96. The normalized spacial score (nSPS) is 10.5. The van der Waals surface area contributed by atoms with Crippen molar-refractivity contribution in [2.45, 2.75) is 6.42 Å². The predicted molar refractivity (Wildman–Crippen MR) is 102 cm³/mol. The standard InChI is InChI=1S/C19H19BrN2O3/c1-3-10-25-18-9-6-16(20)12-15(18)13-21-22-19(23)11-14-4-7-17(24-2)8-5-14/h3-9,12-13H,1,10-11H2,2H3,(H,22,23)/b21-13+. The molecule has 1 N–H and O–H groups in total. The van der Waals surface area contributed by atoms with Crippen LogP contribution in [-0.2, 0) is 11.2 Å². The number of rotatable bonds is 8. The summed E-state index contributed by atoms with van der Waals surface area (Å²) in [6.07, 6.45) is 3.45. The van der Waals surface area contributed by atoms with Crippen LogP contribution in [-0.4, -0.2) is 25.8 Å². The molecule has 0 fully saturated rings. The zero-order valence-corrected chi connectivity index (χ0v) is 15.5. The van der Waals surface area contributed by atoms with Crippen molar-refractivity contribution >= 4 is 28.1 Å². The van der Waals surface area contributed by atoms with E-state index in [1.54, 1.807) is 19.4 Å². The van der Waals surface area contributed by atoms with Crippen molar-refractivity contribution in [2.24, 2.45) is 5.10 Å². The number of amides is 1. The molecule has 0 aliphatic heterocycles. The molecule has 0 bridgehead atoms. The van der Waals surface area contributed by atoms with Gasteiger partial charge in [-0.15, -0.1) is 0 Å². The maximum absolute atomic E-state index is 12.0. The number of nitrogens with zero attached hydrogens (tertiary/aromatic N) is 1. The minimum Gasteiger partial charge on any atom is -0.497 e. The lowest BCUT2D eigenvalue weighted by atomic mass is 10.1. The van der Waals surface area contributed by atoms with Gasteiger partial charge in [0.2, 0.25) is 5.91 Å². The monoisotopic (exact) mass is 402 g/mol. The summed E-state index contributed by atoms with van der Waals surface area (Å²) >= 11 is 3.41. The fourth-order valence-electron chi connectivity index (χ4n) is 2.04. The van der Waals surface area contributed by atoms with E-state index >= 15 is 0 Å². The first-order valence-corrected chi connectivity index (χ1v) is 8.39. The Hall–Kier alpha value is -2.60. The third-order valence-corrected chi connectivity index (χ3v) is 3.74. The van der Waals surface area contributed by atoms with Gasteiger partial charge in [-0.25, -0.2) is 5.43 Å². The van der Waals surface area contributed by atoms with Gasteiger partial charge in [0.15, 0.2) is 0 Å². The van der Waals surface area contributed by atoms with E-state index in [0.29, 0.717) is 12.4 Å². The molecule has 0 radical (unpaired) electrons. The van der Waals surface area contributed by atoms with Gasteiger partial charge >= 0.3 is 0 Å². The van der Waals surface area contributed by atoms with Crippen LogP contribution in [0.4, 0.5) is 0 Å². The minimum atomic E-state index is -0.204. The molecule has 0 saturated heterocycles. The highest BCUT2D eigenvalue weighted by Crippen LogP contribution is 2.21. The molecule has 0 saturated carbocycles. The molecule has 2 rings (SSSR count). The summed E-state index contributed by atoms with van der Waals surface area (Å²) in [6.45, 7) is 4.02. The lowest BCUT2D eigenvalue weighted by molar-refractivity contribution is -0.120. The Morgan fingerprint density at radius 2 is 2.04 bits per heavy atom. The van der Waals surface area contributed by atoms with Gasteiger partial charge in [0.25, 0.3) is 0 Å². The number of benzene rings is 2. The van der Waals surface area contributed by atoms with Gasteiger partial charge in [-0.3, -0.25) is 4.79 Å². The van der Waals surface area contributed by atoms with Crippen LogP contribution < -0.4 is 14.9 Å². The molecule has 2 aromatic carbocycles. The smallest absolute Gasteiger partial charge is 0.244 e. The van der Waals surface area contributed by atoms with Crippen LogP contribution in [0, 0.1) is 0 Å². The Bertz CT molecular complexity index is 758. The van der Waals surface area contributed by atoms with Gasteiger partial charge in [0.1, 0.15) is 18.1 Å². The van der Waals surface area contributed by atoms with Crippen LogP contribution in [0.5, 0.6) is 11.5 Å². The second kappa shape index (κ2) is 9.64. The van der Waals surface area contributed by atoms with Crippen molar-refractivity contribution in [1.29, 1.82) is 0 Å². The van der Waals surface area contributed by atoms with Gasteiger partial charge in [-0.05, 0) is 35.9 Å². The van der Waals surface area contributed by atoms with Crippen LogP contribution in [0.25, 0.3) is 0 Å². The quantitative estimate of drug-likeness (QED) is 0.415. The van der Waals surface area contributed by atoms with Crippen LogP contribution in [0.15, 0.2) is 64.7 Å². The van der Waals surface area contributed by atoms with Crippen molar-refractivity contribution in [2.75, 3.05) is 13.7 Å². The molecular weight excluding hydrogens is 384 g/mol. The summed E-state index contributed by atoms with van der Waals surface area (Å²) < 4.78 is 11.5. The average Bonchev–Trinajstić information content (AvgIpc) is 2.61. The van der Waals surface area contributed by atoms with Gasteiger partial charge < -0.3 is 9.47 Å². The SMILES string of the molecule is C=CCOc1ccc(Br)cc1/C=N/NC(=O)Cc1ccc(OC)cc1. The molecule has 0 spiro atoms. The first-order chi connectivity index (χ1) is 12.1. The Labute approximate surface area is 155 Å². The summed E-state index contributed by atoms with van der Waals surface area (Å²) in [5.41, 5.74) is 4.15. The molecule has 0 aliphatic rings. The van der Waals surface area contributed by atoms with E-state index in [2.05, 4.69) is 33.0 Å². The number of carbonyl (C=O) groups is 1. The fraction of sp³-hybridized carbons (Fsp3) is 0.158. The predicted octanol–water partition coefficient (Wildman–Crippen LogP) is 3.72. The van der Waals surface area contributed by atoms with Gasteiger partial charge in [0, 0.05) is 10.0 Å². The summed E-state index contributed by atoms with van der Waals surface area (Å²) in [4.78, 5) is 12.0. The third kappa shape index (κ3) is 6.08. The zero-order valence-electron chi connectivity index (χ0n) is 13.9. The molecule has 0 aliphatic carbocycles. The van der Waals surface area contributed by atoms with Crippen molar-refractivity contribution < 1.29 is 14.3 Å². The summed E-state index contributed by atoms with van der Waals surface area (Å²) in [5.74, 6) is 1.21. The molecule has 0 unspecified atom stereocenters. The maximum Gasteiger partial charge on any atom is 0.244 e. The van der Waals surface area contributed by atoms with E-state index in [1.807, 2.05) is 42.5 Å². The van der Waals surface area contributed by atoms with Crippen LogP contribution in [0.2, 0.25) is 0 Å².